The number of amides is 1. The van der Waals surface area contributed by atoms with Gasteiger partial charge < -0.3 is 5.32 Å². The molecule has 0 saturated carbocycles. The van der Waals surface area contributed by atoms with Gasteiger partial charge in [-0.15, -0.1) is 22.7 Å². The topological polar surface area (TPSA) is 42.0 Å². The van der Waals surface area contributed by atoms with Gasteiger partial charge in [0.2, 0.25) is 5.91 Å². The Hall–Kier alpha value is -1.98. The summed E-state index contributed by atoms with van der Waals surface area (Å²) in [5, 5.41) is 5.01. The lowest BCUT2D eigenvalue weighted by molar-refractivity contribution is -0.120. The Morgan fingerprint density at radius 3 is 2.73 bits per heavy atom. The third kappa shape index (κ3) is 3.81. The molecule has 0 saturated heterocycles. The van der Waals surface area contributed by atoms with Crippen LogP contribution in [-0.4, -0.2) is 17.4 Å². The molecular formula is C17H16N2OS2. The Balaban J connectivity index is 1.53. The summed E-state index contributed by atoms with van der Waals surface area (Å²) in [5.74, 6) is 0.0537. The SMILES string of the molecule is O=C(Cc1scnc1-c1cccs1)NCCc1ccccc1. The highest BCUT2D eigenvalue weighted by molar-refractivity contribution is 7.14. The minimum atomic E-state index is 0.0537. The Kier molecular flexibility index (Phi) is 4.98. The Bertz CT molecular complexity index is 720. The van der Waals surface area contributed by atoms with Crippen molar-refractivity contribution < 1.29 is 4.79 Å². The van der Waals surface area contributed by atoms with E-state index in [-0.39, 0.29) is 5.91 Å². The lowest BCUT2D eigenvalue weighted by Crippen LogP contribution is -2.27. The van der Waals surface area contributed by atoms with Crippen molar-refractivity contribution >= 4 is 28.6 Å². The average molecular weight is 328 g/mol. The summed E-state index contributed by atoms with van der Waals surface area (Å²) in [4.78, 5) is 18.6. The van der Waals surface area contributed by atoms with E-state index in [1.165, 1.54) is 5.56 Å². The van der Waals surface area contributed by atoms with Crippen LogP contribution in [0.15, 0.2) is 53.4 Å². The number of nitrogens with one attached hydrogen (secondary N) is 1. The van der Waals surface area contributed by atoms with Crippen molar-refractivity contribution in [2.45, 2.75) is 12.8 Å². The van der Waals surface area contributed by atoms with Crippen LogP contribution in [0, 0.1) is 0 Å². The Morgan fingerprint density at radius 2 is 1.95 bits per heavy atom. The molecule has 3 nitrogen and oxygen atoms in total. The number of carbonyl (C=O) groups is 1. The van der Waals surface area contributed by atoms with Crippen LogP contribution < -0.4 is 5.32 Å². The normalized spacial score (nSPS) is 10.5. The highest BCUT2D eigenvalue weighted by atomic mass is 32.1. The summed E-state index contributed by atoms with van der Waals surface area (Å²) < 4.78 is 0. The second-order valence-corrected chi connectivity index (χ2v) is 6.75. The summed E-state index contributed by atoms with van der Waals surface area (Å²) in [6.45, 7) is 0.663. The first-order valence-corrected chi connectivity index (χ1v) is 8.86. The molecule has 2 aromatic heterocycles. The van der Waals surface area contributed by atoms with Crippen molar-refractivity contribution in [3.8, 4) is 10.6 Å². The lowest BCUT2D eigenvalue weighted by Gasteiger charge is -2.05. The Labute approximate surface area is 137 Å². The molecule has 2 heterocycles. The molecule has 3 rings (SSSR count). The Morgan fingerprint density at radius 1 is 1.09 bits per heavy atom. The maximum Gasteiger partial charge on any atom is 0.225 e. The minimum absolute atomic E-state index is 0.0537. The molecule has 0 spiro atoms. The minimum Gasteiger partial charge on any atom is -0.355 e. The van der Waals surface area contributed by atoms with Gasteiger partial charge in [0.25, 0.3) is 0 Å². The van der Waals surface area contributed by atoms with E-state index in [4.69, 9.17) is 0 Å². The molecule has 3 aromatic rings. The average Bonchev–Trinajstić information content (AvgIpc) is 3.19. The van der Waals surface area contributed by atoms with Crippen molar-refractivity contribution in [1.29, 1.82) is 0 Å². The zero-order valence-corrected chi connectivity index (χ0v) is 13.6. The number of thiazole rings is 1. The molecule has 0 fully saturated rings. The molecule has 5 heteroatoms. The second kappa shape index (κ2) is 7.33. The van der Waals surface area contributed by atoms with Crippen LogP contribution >= 0.6 is 22.7 Å². The van der Waals surface area contributed by atoms with Crippen LogP contribution in [0.1, 0.15) is 10.4 Å². The third-order valence-electron chi connectivity index (χ3n) is 3.30. The van der Waals surface area contributed by atoms with E-state index in [1.807, 2.05) is 41.2 Å². The van der Waals surface area contributed by atoms with Gasteiger partial charge in [-0.1, -0.05) is 36.4 Å². The molecule has 22 heavy (non-hydrogen) atoms. The molecule has 0 aliphatic rings. The second-order valence-electron chi connectivity index (χ2n) is 4.86. The number of nitrogens with zero attached hydrogens (tertiary/aromatic N) is 1. The molecule has 1 N–H and O–H groups in total. The van der Waals surface area contributed by atoms with Crippen LogP contribution in [0.3, 0.4) is 0 Å². The van der Waals surface area contributed by atoms with Gasteiger partial charge in [0.1, 0.15) is 0 Å². The van der Waals surface area contributed by atoms with Crippen molar-refractivity contribution in [3.63, 3.8) is 0 Å². The maximum atomic E-state index is 12.1. The van der Waals surface area contributed by atoms with Crippen molar-refractivity contribution in [1.82, 2.24) is 10.3 Å². The van der Waals surface area contributed by atoms with E-state index in [9.17, 15) is 4.79 Å². The first-order valence-electron chi connectivity index (χ1n) is 7.10. The molecule has 0 bridgehead atoms. The predicted octanol–water partition coefficient (Wildman–Crippen LogP) is 3.77. The summed E-state index contributed by atoms with van der Waals surface area (Å²) in [7, 11) is 0. The molecular weight excluding hydrogens is 312 g/mol. The smallest absolute Gasteiger partial charge is 0.225 e. The van der Waals surface area contributed by atoms with E-state index >= 15 is 0 Å². The van der Waals surface area contributed by atoms with Crippen LogP contribution in [-0.2, 0) is 17.6 Å². The fraction of sp³-hybridized carbons (Fsp3) is 0.176. The molecule has 1 aromatic carbocycles. The predicted molar refractivity (Wildman–Crippen MR) is 92.3 cm³/mol. The summed E-state index contributed by atoms with van der Waals surface area (Å²) in [6.07, 6.45) is 1.25. The molecule has 0 unspecified atom stereocenters. The number of rotatable bonds is 6. The number of thiophene rings is 1. The summed E-state index contributed by atoms with van der Waals surface area (Å²) in [6, 6.07) is 14.2. The largest absolute Gasteiger partial charge is 0.355 e. The summed E-state index contributed by atoms with van der Waals surface area (Å²) in [5.41, 5.74) is 3.99. The van der Waals surface area contributed by atoms with Gasteiger partial charge in [-0.25, -0.2) is 4.98 Å². The highest BCUT2D eigenvalue weighted by Crippen LogP contribution is 2.29. The quantitative estimate of drug-likeness (QED) is 0.748. The molecule has 0 radical (unpaired) electrons. The number of benzene rings is 1. The van der Waals surface area contributed by atoms with Crippen LogP contribution in [0.2, 0.25) is 0 Å². The van der Waals surface area contributed by atoms with Crippen LogP contribution in [0.5, 0.6) is 0 Å². The van der Waals surface area contributed by atoms with Crippen molar-refractivity contribution in [3.05, 3.63) is 63.8 Å². The monoisotopic (exact) mass is 328 g/mol. The first-order chi connectivity index (χ1) is 10.8. The van der Waals surface area contributed by atoms with Crippen molar-refractivity contribution in [2.75, 3.05) is 6.54 Å². The zero-order chi connectivity index (χ0) is 15.2. The van der Waals surface area contributed by atoms with Gasteiger partial charge in [-0.05, 0) is 23.4 Å². The molecule has 0 aliphatic carbocycles. The maximum absolute atomic E-state index is 12.1. The van der Waals surface area contributed by atoms with Gasteiger partial charge in [0, 0.05) is 11.4 Å². The van der Waals surface area contributed by atoms with E-state index < -0.39 is 0 Å². The van der Waals surface area contributed by atoms with Crippen LogP contribution in [0.25, 0.3) is 10.6 Å². The van der Waals surface area contributed by atoms with E-state index in [0.717, 1.165) is 21.9 Å². The fourth-order valence-corrected chi connectivity index (χ4v) is 3.80. The van der Waals surface area contributed by atoms with Gasteiger partial charge in [0.05, 0.1) is 22.5 Å². The standard InChI is InChI=1S/C17H16N2OS2/c20-16(18-9-8-13-5-2-1-3-6-13)11-15-17(19-12-22-15)14-7-4-10-21-14/h1-7,10,12H,8-9,11H2,(H,18,20). The third-order valence-corrected chi connectivity index (χ3v) is 5.00. The first kappa shape index (κ1) is 14.9. The number of hydrogen-bond donors (Lipinski definition) is 1. The molecule has 0 atom stereocenters. The van der Waals surface area contributed by atoms with Gasteiger partial charge >= 0.3 is 0 Å². The lowest BCUT2D eigenvalue weighted by atomic mass is 10.1. The van der Waals surface area contributed by atoms with Gasteiger partial charge in [0.15, 0.2) is 0 Å². The highest BCUT2D eigenvalue weighted by Gasteiger charge is 2.13. The fourth-order valence-electron chi connectivity index (χ4n) is 2.21. The summed E-state index contributed by atoms with van der Waals surface area (Å²) >= 11 is 3.19. The number of aromatic nitrogens is 1. The molecule has 1 amide bonds. The van der Waals surface area contributed by atoms with Crippen molar-refractivity contribution in [2.24, 2.45) is 0 Å². The van der Waals surface area contributed by atoms with E-state index in [0.29, 0.717) is 13.0 Å². The molecule has 0 aliphatic heterocycles. The number of hydrogen-bond acceptors (Lipinski definition) is 4. The molecule has 112 valence electrons. The van der Waals surface area contributed by atoms with Gasteiger partial charge in [-0.2, -0.15) is 0 Å². The number of carbonyl (C=O) groups excluding carboxylic acids is 1. The zero-order valence-electron chi connectivity index (χ0n) is 12.0. The van der Waals surface area contributed by atoms with Crippen LogP contribution in [0.4, 0.5) is 0 Å². The van der Waals surface area contributed by atoms with E-state index in [2.05, 4.69) is 22.4 Å². The van der Waals surface area contributed by atoms with Gasteiger partial charge in [-0.3, -0.25) is 4.79 Å². The van der Waals surface area contributed by atoms with E-state index in [1.54, 1.807) is 22.7 Å².